The van der Waals surface area contributed by atoms with Gasteiger partial charge in [0, 0.05) is 13.7 Å². The highest BCUT2D eigenvalue weighted by Gasteiger charge is 2.13. The van der Waals surface area contributed by atoms with E-state index >= 15 is 0 Å². The van der Waals surface area contributed by atoms with Crippen LogP contribution in [-0.4, -0.2) is 38.3 Å². The van der Waals surface area contributed by atoms with Crippen LogP contribution < -0.4 is 15.8 Å². The Morgan fingerprint density at radius 1 is 1.43 bits per heavy atom. The smallest absolute Gasteiger partial charge is 0.222 e. The van der Waals surface area contributed by atoms with E-state index in [1.165, 1.54) is 0 Å². The average molecular weight is 382 g/mol. The van der Waals surface area contributed by atoms with E-state index in [0.717, 1.165) is 10.2 Å². The van der Waals surface area contributed by atoms with Crippen LogP contribution in [0.4, 0.5) is 0 Å². The molecular weight excluding hydrogens is 360 g/mol. The summed E-state index contributed by atoms with van der Waals surface area (Å²) in [4.78, 5) is 11.7. The topological polar surface area (TPSA) is 73.6 Å². The molecule has 2 unspecified atom stereocenters. The number of hydrogen-bond donors (Lipinski definition) is 2. The molecule has 0 saturated carbocycles. The zero-order valence-corrected chi connectivity index (χ0v) is 14.6. The maximum atomic E-state index is 11.7. The van der Waals surface area contributed by atoms with Gasteiger partial charge >= 0.3 is 0 Å². The molecule has 0 heterocycles. The number of nitrogens with one attached hydrogen (secondary N) is 1. The Balaban J connectivity index is 0.00000400. The molecule has 0 radical (unpaired) electrons. The number of hydrogen-bond acceptors (Lipinski definition) is 4. The number of rotatable bonds is 8. The summed E-state index contributed by atoms with van der Waals surface area (Å²) in [6.45, 7) is 2.66. The van der Waals surface area contributed by atoms with Gasteiger partial charge in [-0.1, -0.05) is 12.1 Å². The summed E-state index contributed by atoms with van der Waals surface area (Å²) in [6, 6.07) is 7.60. The van der Waals surface area contributed by atoms with E-state index < -0.39 is 0 Å². The maximum absolute atomic E-state index is 11.7. The van der Waals surface area contributed by atoms with Crippen molar-refractivity contribution in [3.05, 3.63) is 28.7 Å². The molecule has 120 valence electrons. The number of nitrogens with two attached hydrogens (primary N) is 1. The van der Waals surface area contributed by atoms with Gasteiger partial charge in [0.25, 0.3) is 0 Å². The fourth-order valence-corrected chi connectivity index (χ4v) is 1.98. The highest BCUT2D eigenvalue weighted by molar-refractivity contribution is 9.10. The lowest BCUT2D eigenvalue weighted by atomic mass is 10.2. The van der Waals surface area contributed by atoms with Crippen LogP contribution in [0, 0.1) is 0 Å². The lowest BCUT2D eigenvalue weighted by Gasteiger charge is -2.17. The fraction of sp³-hybridized carbons (Fsp3) is 0.500. The molecule has 0 bridgehead atoms. The zero-order chi connectivity index (χ0) is 15.0. The third-order valence-corrected chi connectivity index (χ3v) is 3.42. The molecule has 1 aromatic carbocycles. The molecule has 7 heteroatoms. The first-order chi connectivity index (χ1) is 9.56. The first kappa shape index (κ1) is 20.2. The standard InChI is InChI=1S/C14H21BrN2O3.ClH/c1-10(20-13-6-4-3-5-12(13)15)9-17-14(18)7-11(8-16)19-2;/h3-6,10-11H,7-9,16H2,1-2H3,(H,17,18);1H. The van der Waals surface area contributed by atoms with Gasteiger partial charge < -0.3 is 20.5 Å². The van der Waals surface area contributed by atoms with E-state index in [2.05, 4.69) is 21.2 Å². The molecule has 1 amide bonds. The van der Waals surface area contributed by atoms with Crippen LogP contribution in [0.3, 0.4) is 0 Å². The number of para-hydroxylation sites is 1. The predicted octanol–water partition coefficient (Wildman–Crippen LogP) is 2.12. The fourth-order valence-electron chi connectivity index (χ4n) is 1.60. The third kappa shape index (κ3) is 7.66. The van der Waals surface area contributed by atoms with Crippen LogP contribution in [0.15, 0.2) is 28.7 Å². The van der Waals surface area contributed by atoms with Crippen LogP contribution in [0.25, 0.3) is 0 Å². The monoisotopic (exact) mass is 380 g/mol. The van der Waals surface area contributed by atoms with Crippen molar-refractivity contribution in [2.75, 3.05) is 20.2 Å². The Bertz CT molecular complexity index is 430. The number of carbonyl (C=O) groups is 1. The van der Waals surface area contributed by atoms with E-state index in [4.69, 9.17) is 15.2 Å². The Labute approximate surface area is 140 Å². The van der Waals surface area contributed by atoms with Gasteiger partial charge in [-0.15, -0.1) is 12.4 Å². The number of amides is 1. The Kier molecular flexibility index (Phi) is 10.4. The summed E-state index contributed by atoms with van der Waals surface area (Å²) >= 11 is 3.41. The van der Waals surface area contributed by atoms with E-state index in [1.807, 2.05) is 31.2 Å². The second-order valence-electron chi connectivity index (χ2n) is 4.46. The molecule has 3 N–H and O–H groups in total. The van der Waals surface area contributed by atoms with Crippen LogP contribution in [0.2, 0.25) is 0 Å². The van der Waals surface area contributed by atoms with Crippen LogP contribution in [0.1, 0.15) is 13.3 Å². The van der Waals surface area contributed by atoms with E-state index in [-0.39, 0.29) is 36.9 Å². The van der Waals surface area contributed by atoms with Crippen LogP contribution >= 0.6 is 28.3 Å². The number of carbonyl (C=O) groups excluding carboxylic acids is 1. The molecule has 0 aliphatic heterocycles. The van der Waals surface area contributed by atoms with Crippen LogP contribution in [0.5, 0.6) is 5.75 Å². The minimum atomic E-state index is -0.241. The van der Waals surface area contributed by atoms with Gasteiger partial charge in [0.1, 0.15) is 11.9 Å². The highest BCUT2D eigenvalue weighted by atomic mass is 79.9. The van der Waals surface area contributed by atoms with Gasteiger partial charge in [-0.3, -0.25) is 4.79 Å². The molecule has 0 aliphatic carbocycles. The minimum Gasteiger partial charge on any atom is -0.488 e. The summed E-state index contributed by atoms with van der Waals surface area (Å²) in [7, 11) is 1.55. The van der Waals surface area contributed by atoms with E-state index in [1.54, 1.807) is 7.11 Å². The molecule has 0 fully saturated rings. The van der Waals surface area contributed by atoms with Gasteiger partial charge in [0.15, 0.2) is 0 Å². The number of benzene rings is 1. The quantitative estimate of drug-likeness (QED) is 0.723. The predicted molar refractivity (Wildman–Crippen MR) is 89.0 cm³/mol. The lowest BCUT2D eigenvalue weighted by Crippen LogP contribution is -2.37. The van der Waals surface area contributed by atoms with Crippen molar-refractivity contribution in [1.29, 1.82) is 0 Å². The lowest BCUT2D eigenvalue weighted by molar-refractivity contribution is -0.123. The minimum absolute atomic E-state index is 0. The molecular formula is C14H22BrClN2O3. The van der Waals surface area contributed by atoms with Gasteiger partial charge in [-0.25, -0.2) is 0 Å². The Hall–Kier alpha value is -0.820. The van der Waals surface area contributed by atoms with Gasteiger partial charge in [0.05, 0.1) is 23.5 Å². The largest absolute Gasteiger partial charge is 0.488 e. The summed E-state index contributed by atoms with van der Waals surface area (Å²) in [5, 5.41) is 2.81. The van der Waals surface area contributed by atoms with Crippen molar-refractivity contribution in [3.8, 4) is 5.75 Å². The first-order valence-electron chi connectivity index (χ1n) is 6.47. The van der Waals surface area contributed by atoms with Crippen molar-refractivity contribution in [2.24, 2.45) is 5.73 Å². The third-order valence-electron chi connectivity index (χ3n) is 2.76. The molecule has 0 spiro atoms. The summed E-state index contributed by atoms with van der Waals surface area (Å²) < 4.78 is 11.7. The highest BCUT2D eigenvalue weighted by Crippen LogP contribution is 2.24. The molecule has 0 aliphatic rings. The molecule has 5 nitrogen and oxygen atoms in total. The van der Waals surface area contributed by atoms with Gasteiger partial charge in [-0.05, 0) is 35.0 Å². The normalized spacial score (nSPS) is 13.0. The molecule has 1 rings (SSSR count). The van der Waals surface area contributed by atoms with Gasteiger partial charge in [-0.2, -0.15) is 0 Å². The summed E-state index contributed by atoms with van der Waals surface area (Å²) in [5.74, 6) is 0.663. The molecule has 21 heavy (non-hydrogen) atoms. The second kappa shape index (κ2) is 10.8. The molecule has 1 aromatic rings. The van der Waals surface area contributed by atoms with E-state index in [0.29, 0.717) is 13.1 Å². The number of halogens is 2. The molecule has 0 saturated heterocycles. The second-order valence-corrected chi connectivity index (χ2v) is 5.31. The summed E-state index contributed by atoms with van der Waals surface area (Å²) in [6.07, 6.45) is -0.111. The molecule has 0 aromatic heterocycles. The van der Waals surface area contributed by atoms with Crippen LogP contribution in [-0.2, 0) is 9.53 Å². The van der Waals surface area contributed by atoms with Crippen molar-refractivity contribution >= 4 is 34.2 Å². The SMILES string of the molecule is COC(CN)CC(=O)NCC(C)Oc1ccccc1Br.Cl. The number of methoxy groups -OCH3 is 1. The Morgan fingerprint density at radius 3 is 2.67 bits per heavy atom. The van der Waals surface area contributed by atoms with Crippen molar-refractivity contribution in [2.45, 2.75) is 25.6 Å². The summed E-state index contributed by atoms with van der Waals surface area (Å²) in [5.41, 5.74) is 5.47. The van der Waals surface area contributed by atoms with Crippen molar-refractivity contribution < 1.29 is 14.3 Å². The Morgan fingerprint density at radius 2 is 2.10 bits per heavy atom. The number of ether oxygens (including phenoxy) is 2. The van der Waals surface area contributed by atoms with Gasteiger partial charge in [0.2, 0.25) is 5.91 Å². The van der Waals surface area contributed by atoms with Crippen molar-refractivity contribution in [1.82, 2.24) is 5.32 Å². The maximum Gasteiger partial charge on any atom is 0.222 e. The van der Waals surface area contributed by atoms with Crippen molar-refractivity contribution in [3.63, 3.8) is 0 Å². The molecule has 2 atom stereocenters. The first-order valence-corrected chi connectivity index (χ1v) is 7.26. The zero-order valence-electron chi connectivity index (χ0n) is 12.2. The van der Waals surface area contributed by atoms with E-state index in [9.17, 15) is 4.79 Å². The average Bonchev–Trinajstić information content (AvgIpc) is 2.45.